The van der Waals surface area contributed by atoms with Crippen LogP contribution in [0.4, 0.5) is 5.69 Å². The summed E-state index contributed by atoms with van der Waals surface area (Å²) in [5.41, 5.74) is 1.08. The van der Waals surface area contributed by atoms with Crippen molar-refractivity contribution >= 4 is 21.6 Å². The van der Waals surface area contributed by atoms with Crippen molar-refractivity contribution in [1.82, 2.24) is 4.72 Å². The van der Waals surface area contributed by atoms with E-state index in [4.69, 9.17) is 18.9 Å². The van der Waals surface area contributed by atoms with Gasteiger partial charge in [0.2, 0.25) is 21.7 Å². The Hall–Kier alpha value is -2.82. The van der Waals surface area contributed by atoms with Crippen LogP contribution in [0.25, 0.3) is 0 Å². The van der Waals surface area contributed by atoms with Crippen molar-refractivity contribution in [2.24, 2.45) is 0 Å². The van der Waals surface area contributed by atoms with E-state index >= 15 is 0 Å². The molecule has 0 fully saturated rings. The molecule has 0 spiro atoms. The maximum Gasteiger partial charge on any atom is 0.240 e. The third kappa shape index (κ3) is 6.33. The van der Waals surface area contributed by atoms with Crippen LogP contribution in [0.1, 0.15) is 12.5 Å². The first-order valence-electron chi connectivity index (χ1n) is 9.44. The fourth-order valence-corrected chi connectivity index (χ4v) is 4.24. The number of carbonyl (C=O) groups is 1. The van der Waals surface area contributed by atoms with E-state index in [2.05, 4.69) is 10.0 Å². The van der Waals surface area contributed by atoms with Crippen LogP contribution in [0, 0.1) is 0 Å². The molecule has 0 heterocycles. The number of hydrogen-bond acceptors (Lipinski definition) is 7. The van der Waals surface area contributed by atoms with Crippen molar-refractivity contribution in [3.63, 3.8) is 0 Å². The molecule has 0 aliphatic rings. The van der Waals surface area contributed by atoms with E-state index in [1.165, 1.54) is 52.7 Å². The van der Waals surface area contributed by atoms with Crippen LogP contribution in [0.5, 0.6) is 17.2 Å². The number of nitrogens with one attached hydrogen (secondary N) is 2. The Morgan fingerprint density at radius 1 is 0.935 bits per heavy atom. The van der Waals surface area contributed by atoms with Crippen molar-refractivity contribution in [3.05, 3.63) is 42.0 Å². The van der Waals surface area contributed by atoms with Gasteiger partial charge in [0.05, 0.1) is 39.3 Å². The van der Waals surface area contributed by atoms with Gasteiger partial charge in [-0.2, -0.15) is 0 Å². The smallest absolute Gasteiger partial charge is 0.240 e. The van der Waals surface area contributed by atoms with Gasteiger partial charge in [0.25, 0.3) is 0 Å². The molecule has 0 radical (unpaired) electrons. The SMILES string of the molecule is COCC(C)NS(=O)(=O)c1ccc(NC(=O)Cc2ccc(OC)c(OC)c2OC)cc1. The third-order valence-electron chi connectivity index (χ3n) is 4.36. The molecule has 1 amide bonds. The molecule has 0 aliphatic carbocycles. The van der Waals surface area contributed by atoms with Gasteiger partial charge in [-0.25, -0.2) is 13.1 Å². The summed E-state index contributed by atoms with van der Waals surface area (Å²) in [7, 11) is 2.31. The Morgan fingerprint density at radius 3 is 2.13 bits per heavy atom. The van der Waals surface area contributed by atoms with Crippen LogP contribution in [0.3, 0.4) is 0 Å². The standard InChI is InChI=1S/C21H28N2O7S/c1-14(13-27-2)23-31(25,26)17-9-7-16(8-10-17)22-19(24)12-15-6-11-18(28-3)21(30-5)20(15)29-4/h6-11,14,23H,12-13H2,1-5H3,(H,22,24). The molecule has 0 aliphatic heterocycles. The molecular weight excluding hydrogens is 424 g/mol. The number of hydrogen-bond donors (Lipinski definition) is 2. The van der Waals surface area contributed by atoms with Crippen molar-refractivity contribution in [2.45, 2.75) is 24.3 Å². The van der Waals surface area contributed by atoms with Crippen LogP contribution < -0.4 is 24.2 Å². The van der Waals surface area contributed by atoms with Crippen LogP contribution in [0.2, 0.25) is 0 Å². The zero-order valence-corrected chi connectivity index (χ0v) is 19.0. The van der Waals surface area contributed by atoms with Crippen LogP contribution in [-0.2, 0) is 26.0 Å². The lowest BCUT2D eigenvalue weighted by atomic mass is 10.1. The van der Waals surface area contributed by atoms with E-state index in [-0.39, 0.29) is 29.9 Å². The first-order valence-corrected chi connectivity index (χ1v) is 10.9. The van der Waals surface area contributed by atoms with Crippen molar-refractivity contribution in [1.29, 1.82) is 0 Å². The summed E-state index contributed by atoms with van der Waals surface area (Å²) < 4.78 is 48.2. The first-order chi connectivity index (χ1) is 14.7. The van der Waals surface area contributed by atoms with Gasteiger partial charge in [-0.05, 0) is 37.3 Å². The molecular formula is C21H28N2O7S. The van der Waals surface area contributed by atoms with Gasteiger partial charge in [0.15, 0.2) is 11.5 Å². The zero-order valence-electron chi connectivity index (χ0n) is 18.2. The van der Waals surface area contributed by atoms with Gasteiger partial charge in [-0.1, -0.05) is 6.07 Å². The lowest BCUT2D eigenvalue weighted by Crippen LogP contribution is -2.35. The maximum absolute atomic E-state index is 12.5. The summed E-state index contributed by atoms with van der Waals surface area (Å²) in [5, 5.41) is 2.75. The Bertz CT molecular complexity index is 992. The quantitative estimate of drug-likeness (QED) is 0.538. The molecule has 170 valence electrons. The summed E-state index contributed by atoms with van der Waals surface area (Å²) in [6, 6.07) is 8.95. The number of rotatable bonds is 11. The fourth-order valence-electron chi connectivity index (χ4n) is 3.01. The van der Waals surface area contributed by atoms with Crippen molar-refractivity contribution in [2.75, 3.05) is 40.4 Å². The number of amides is 1. The van der Waals surface area contributed by atoms with Gasteiger partial charge in [-0.15, -0.1) is 0 Å². The molecule has 2 aromatic carbocycles. The maximum atomic E-state index is 12.5. The van der Waals surface area contributed by atoms with Crippen LogP contribution >= 0.6 is 0 Å². The molecule has 1 unspecified atom stereocenters. The molecule has 1 atom stereocenters. The summed E-state index contributed by atoms with van der Waals surface area (Å²) >= 11 is 0. The normalized spacial score (nSPS) is 12.2. The largest absolute Gasteiger partial charge is 0.493 e. The van der Waals surface area contributed by atoms with Crippen LogP contribution in [0.15, 0.2) is 41.3 Å². The number of anilines is 1. The fraction of sp³-hybridized carbons (Fsp3) is 0.381. The average molecular weight is 453 g/mol. The Morgan fingerprint density at radius 2 is 1.58 bits per heavy atom. The van der Waals surface area contributed by atoms with E-state index < -0.39 is 10.0 Å². The highest BCUT2D eigenvalue weighted by atomic mass is 32.2. The molecule has 31 heavy (non-hydrogen) atoms. The highest BCUT2D eigenvalue weighted by molar-refractivity contribution is 7.89. The molecule has 0 bridgehead atoms. The van der Waals surface area contributed by atoms with Gasteiger partial charge in [-0.3, -0.25) is 4.79 Å². The summed E-state index contributed by atoms with van der Waals surface area (Å²) in [4.78, 5) is 12.6. The van der Waals surface area contributed by atoms with Gasteiger partial charge in [0.1, 0.15) is 0 Å². The summed E-state index contributed by atoms with van der Waals surface area (Å²) in [6.45, 7) is 1.96. The second-order valence-electron chi connectivity index (χ2n) is 6.72. The summed E-state index contributed by atoms with van der Waals surface area (Å²) in [6.07, 6.45) is 0.0274. The van der Waals surface area contributed by atoms with E-state index in [0.29, 0.717) is 28.5 Å². The monoisotopic (exact) mass is 452 g/mol. The second-order valence-corrected chi connectivity index (χ2v) is 8.43. The van der Waals surface area contributed by atoms with Gasteiger partial charge < -0.3 is 24.3 Å². The van der Waals surface area contributed by atoms with Crippen molar-refractivity contribution in [3.8, 4) is 17.2 Å². The molecule has 10 heteroatoms. The number of benzene rings is 2. The molecule has 2 N–H and O–H groups in total. The first kappa shape index (κ1) is 24.4. The molecule has 0 saturated carbocycles. The minimum atomic E-state index is -3.68. The predicted molar refractivity (Wildman–Crippen MR) is 117 cm³/mol. The topological polar surface area (TPSA) is 112 Å². The zero-order chi connectivity index (χ0) is 23.0. The average Bonchev–Trinajstić information content (AvgIpc) is 2.73. The number of carbonyl (C=O) groups excluding carboxylic acids is 1. The lowest BCUT2D eigenvalue weighted by molar-refractivity contribution is -0.115. The highest BCUT2D eigenvalue weighted by Crippen LogP contribution is 2.39. The summed E-state index contributed by atoms with van der Waals surface area (Å²) in [5.74, 6) is 1.01. The molecule has 2 rings (SSSR count). The number of methoxy groups -OCH3 is 4. The Labute approximate surface area is 182 Å². The van der Waals surface area contributed by atoms with E-state index in [0.717, 1.165) is 0 Å². The van der Waals surface area contributed by atoms with E-state index in [1.54, 1.807) is 19.1 Å². The molecule has 2 aromatic rings. The highest BCUT2D eigenvalue weighted by Gasteiger charge is 2.19. The Balaban J connectivity index is 2.10. The molecule has 9 nitrogen and oxygen atoms in total. The number of sulfonamides is 1. The molecule has 0 saturated heterocycles. The Kier molecular flexibility index (Phi) is 8.66. The second kappa shape index (κ2) is 11.0. The van der Waals surface area contributed by atoms with Crippen LogP contribution in [-0.4, -0.2) is 55.4 Å². The minimum Gasteiger partial charge on any atom is -0.493 e. The predicted octanol–water partition coefficient (Wildman–Crippen LogP) is 2.21. The van der Waals surface area contributed by atoms with E-state index in [1.807, 2.05) is 0 Å². The van der Waals surface area contributed by atoms with Gasteiger partial charge >= 0.3 is 0 Å². The molecule has 0 aromatic heterocycles. The third-order valence-corrected chi connectivity index (χ3v) is 5.96. The van der Waals surface area contributed by atoms with Gasteiger partial charge in [0, 0.05) is 24.4 Å². The lowest BCUT2D eigenvalue weighted by Gasteiger charge is -2.16. The van der Waals surface area contributed by atoms with E-state index in [9.17, 15) is 13.2 Å². The van der Waals surface area contributed by atoms with Crippen molar-refractivity contribution < 1.29 is 32.2 Å². The minimum absolute atomic E-state index is 0.0274. The number of ether oxygens (including phenoxy) is 4.